The summed E-state index contributed by atoms with van der Waals surface area (Å²) in [5.41, 5.74) is 3.21. The maximum Gasteiger partial charge on any atom is 0.305 e. The van der Waals surface area contributed by atoms with E-state index in [1.54, 1.807) is 6.92 Å². The molecule has 3 heterocycles. The van der Waals surface area contributed by atoms with E-state index in [4.69, 9.17) is 9.15 Å². The van der Waals surface area contributed by atoms with Crippen LogP contribution < -0.4 is 15.7 Å². The molecule has 5 rings (SSSR count). The Labute approximate surface area is 224 Å². The van der Waals surface area contributed by atoms with Gasteiger partial charge in [0, 0.05) is 10.9 Å². The second-order valence-corrected chi connectivity index (χ2v) is 11.7. The first-order chi connectivity index (χ1) is 18.3. The number of nitrogens with zero attached hydrogens (tertiary/aromatic N) is 2. The highest BCUT2D eigenvalue weighted by Gasteiger charge is 2.32. The van der Waals surface area contributed by atoms with Crippen molar-refractivity contribution in [2.45, 2.75) is 53.6 Å². The number of aromatic nitrogens is 2. The fraction of sp³-hybridized carbons (Fsp3) is 0.370. The molecule has 0 bridgehead atoms. The Balaban J connectivity index is 1.35. The fourth-order valence-electron chi connectivity index (χ4n) is 4.75. The molecule has 3 aromatic heterocycles. The van der Waals surface area contributed by atoms with Crippen molar-refractivity contribution in [3.05, 3.63) is 79.6 Å². The van der Waals surface area contributed by atoms with Crippen molar-refractivity contribution in [3.63, 3.8) is 0 Å². The predicted molar refractivity (Wildman–Crippen MR) is 137 cm³/mol. The number of carbonyl (C=O) groups excluding carboxylic acids is 1. The van der Waals surface area contributed by atoms with Gasteiger partial charge in [-0.05, 0) is 55.2 Å². The minimum Gasteiger partial charge on any atom is -0.479 e. The normalized spacial score (nSPS) is 15.4. The van der Waals surface area contributed by atoms with Crippen LogP contribution in [0.15, 0.2) is 27.4 Å². The van der Waals surface area contributed by atoms with Gasteiger partial charge in [-0.1, -0.05) is 20.8 Å². The molecule has 4 aromatic rings. The van der Waals surface area contributed by atoms with Crippen LogP contribution in [0.2, 0.25) is 0 Å². The van der Waals surface area contributed by atoms with E-state index in [0.29, 0.717) is 16.1 Å². The number of halogens is 4. The Morgan fingerprint density at radius 2 is 1.90 bits per heavy atom. The summed E-state index contributed by atoms with van der Waals surface area (Å²) in [6, 6.07) is 2.62. The van der Waals surface area contributed by atoms with E-state index in [1.165, 1.54) is 23.5 Å². The number of carbonyl (C=O) groups is 1. The van der Waals surface area contributed by atoms with Crippen LogP contribution in [-0.2, 0) is 19.4 Å². The molecule has 0 saturated heterocycles. The Kier molecular flexibility index (Phi) is 6.78. The van der Waals surface area contributed by atoms with E-state index < -0.39 is 47.1 Å². The smallest absolute Gasteiger partial charge is 0.305 e. The zero-order valence-corrected chi connectivity index (χ0v) is 22.4. The maximum absolute atomic E-state index is 13.8. The number of nitrogens with one attached hydrogen (secondary N) is 1. The molecule has 1 amide bonds. The summed E-state index contributed by atoms with van der Waals surface area (Å²) < 4.78 is 65.7. The monoisotopic (exact) mass is 563 g/mol. The van der Waals surface area contributed by atoms with Gasteiger partial charge in [-0.2, -0.15) is 8.78 Å². The van der Waals surface area contributed by atoms with E-state index in [-0.39, 0.29) is 28.8 Å². The molecule has 0 fully saturated rings. The third-order valence-electron chi connectivity index (χ3n) is 7.00. The minimum atomic E-state index is -1.69. The lowest BCUT2D eigenvalue weighted by atomic mass is 9.72. The lowest BCUT2D eigenvalue weighted by Gasteiger charge is -2.33. The van der Waals surface area contributed by atoms with E-state index >= 15 is 0 Å². The fourth-order valence-corrected chi connectivity index (χ4v) is 6.09. The molecule has 0 unspecified atom stereocenters. The average molecular weight is 564 g/mol. The van der Waals surface area contributed by atoms with E-state index in [2.05, 4.69) is 31.2 Å². The van der Waals surface area contributed by atoms with Crippen LogP contribution in [0.3, 0.4) is 0 Å². The highest BCUT2D eigenvalue weighted by molar-refractivity contribution is 7.18. The van der Waals surface area contributed by atoms with Gasteiger partial charge in [0.2, 0.25) is 11.6 Å². The van der Waals surface area contributed by atoms with Crippen molar-refractivity contribution < 1.29 is 31.5 Å². The van der Waals surface area contributed by atoms with Crippen LogP contribution >= 0.6 is 11.3 Å². The minimum absolute atomic E-state index is 0.0541. The van der Waals surface area contributed by atoms with Gasteiger partial charge in [0.15, 0.2) is 23.1 Å². The van der Waals surface area contributed by atoms with Gasteiger partial charge < -0.3 is 9.15 Å². The molecular weight excluding hydrogens is 538 g/mol. The average Bonchev–Trinajstić information content (AvgIpc) is 3.49. The lowest BCUT2D eigenvalue weighted by molar-refractivity contribution is 0.0975. The molecule has 0 saturated carbocycles. The zero-order chi connectivity index (χ0) is 28.2. The highest BCUT2D eigenvalue weighted by Crippen LogP contribution is 2.42. The van der Waals surface area contributed by atoms with Crippen LogP contribution in [0.5, 0.6) is 5.75 Å². The summed E-state index contributed by atoms with van der Waals surface area (Å²) in [4.78, 5) is 32.6. The Bertz CT molecular complexity index is 1640. The number of hydrogen-bond acceptors (Lipinski definition) is 6. The van der Waals surface area contributed by atoms with Crippen LogP contribution in [-0.4, -0.2) is 15.6 Å². The summed E-state index contributed by atoms with van der Waals surface area (Å²) >= 11 is 1.51. The number of hydrogen-bond donors (Lipinski definition) is 1. The molecule has 0 radical (unpaired) electrons. The number of ether oxygens (including phenoxy) is 1. The summed E-state index contributed by atoms with van der Waals surface area (Å²) in [5, 5.41) is 0.494. The van der Waals surface area contributed by atoms with Gasteiger partial charge in [0.25, 0.3) is 5.56 Å². The Morgan fingerprint density at radius 1 is 1.21 bits per heavy atom. The van der Waals surface area contributed by atoms with Crippen molar-refractivity contribution in [3.8, 4) is 5.75 Å². The number of rotatable bonds is 5. The van der Waals surface area contributed by atoms with Crippen molar-refractivity contribution in [2.24, 2.45) is 11.3 Å². The standard InChI is InChI=1S/C27H25F4N3O4S/c1-12-32-25-20(15-7-5-13(27(2,3)4)9-19(15)39-25)26(36)34(12)33-24(35)18-8-6-14(38-18)11-37-23-21(30)16(28)10-17(29)22(23)31/h6,8,10,13H,5,7,9,11H2,1-4H3,(H,33,35)/t13-/m0/s1. The third-order valence-corrected chi connectivity index (χ3v) is 8.15. The van der Waals surface area contributed by atoms with Gasteiger partial charge in [-0.3, -0.25) is 15.0 Å². The molecule has 39 heavy (non-hydrogen) atoms. The highest BCUT2D eigenvalue weighted by atomic mass is 32.1. The van der Waals surface area contributed by atoms with Crippen molar-refractivity contribution >= 4 is 27.5 Å². The molecule has 1 aliphatic carbocycles. The molecule has 1 atom stereocenters. The Hall–Kier alpha value is -3.67. The van der Waals surface area contributed by atoms with Crippen LogP contribution in [0.4, 0.5) is 17.6 Å². The largest absolute Gasteiger partial charge is 0.479 e. The number of benzene rings is 1. The van der Waals surface area contributed by atoms with Gasteiger partial charge in [0.1, 0.15) is 23.0 Å². The maximum atomic E-state index is 13.8. The molecule has 206 valence electrons. The molecule has 12 heteroatoms. The topological polar surface area (TPSA) is 86.4 Å². The first-order valence-electron chi connectivity index (χ1n) is 12.2. The molecular formula is C27H25F4N3O4S. The summed E-state index contributed by atoms with van der Waals surface area (Å²) in [5.74, 6) is -8.16. The van der Waals surface area contributed by atoms with Gasteiger partial charge in [-0.15, -0.1) is 11.3 Å². The third kappa shape index (κ3) is 4.93. The first kappa shape index (κ1) is 26.9. The number of fused-ring (bicyclic) bond motifs is 3. The van der Waals surface area contributed by atoms with Crippen molar-refractivity contribution in [2.75, 3.05) is 5.43 Å². The van der Waals surface area contributed by atoms with E-state index in [1.807, 2.05) is 0 Å². The molecule has 1 N–H and O–H groups in total. The number of thiophene rings is 1. The molecule has 7 nitrogen and oxygen atoms in total. The molecule has 1 aromatic carbocycles. The molecule has 1 aliphatic rings. The Morgan fingerprint density at radius 3 is 2.56 bits per heavy atom. The number of aryl methyl sites for hydroxylation is 2. The second kappa shape index (κ2) is 9.82. The second-order valence-electron chi connectivity index (χ2n) is 10.6. The SMILES string of the molecule is Cc1nc2sc3c(c2c(=O)n1NC(=O)c1ccc(COc2c(F)c(F)cc(F)c2F)o1)CC[C@H](C(C)(C)C)C3. The summed E-state index contributed by atoms with van der Waals surface area (Å²) in [6.07, 6.45) is 2.58. The summed E-state index contributed by atoms with van der Waals surface area (Å²) in [6.45, 7) is 7.62. The van der Waals surface area contributed by atoms with E-state index in [9.17, 15) is 27.2 Å². The van der Waals surface area contributed by atoms with Crippen LogP contribution in [0.25, 0.3) is 10.2 Å². The van der Waals surface area contributed by atoms with Crippen LogP contribution in [0.1, 0.15) is 59.8 Å². The zero-order valence-electron chi connectivity index (χ0n) is 21.6. The predicted octanol–water partition coefficient (Wildman–Crippen LogP) is 6.03. The lowest BCUT2D eigenvalue weighted by Crippen LogP contribution is -2.35. The van der Waals surface area contributed by atoms with E-state index in [0.717, 1.165) is 34.4 Å². The van der Waals surface area contributed by atoms with Crippen LogP contribution in [0, 0.1) is 41.5 Å². The van der Waals surface area contributed by atoms with Crippen molar-refractivity contribution in [1.82, 2.24) is 9.66 Å². The van der Waals surface area contributed by atoms with Gasteiger partial charge in [-0.25, -0.2) is 18.4 Å². The first-order valence-corrected chi connectivity index (χ1v) is 13.1. The van der Waals surface area contributed by atoms with Crippen molar-refractivity contribution in [1.29, 1.82) is 0 Å². The molecule has 0 spiro atoms. The quantitative estimate of drug-likeness (QED) is 0.237. The van der Waals surface area contributed by atoms with Gasteiger partial charge >= 0.3 is 5.91 Å². The molecule has 0 aliphatic heterocycles. The number of furan rings is 1. The van der Waals surface area contributed by atoms with Gasteiger partial charge in [0.05, 0.1) is 5.39 Å². The summed E-state index contributed by atoms with van der Waals surface area (Å²) in [7, 11) is 0. The number of amides is 1.